The van der Waals surface area contributed by atoms with Gasteiger partial charge in [-0.05, 0) is 80.4 Å². The first-order valence-corrected chi connectivity index (χ1v) is 13.0. The van der Waals surface area contributed by atoms with Crippen molar-refractivity contribution >= 4 is 33.6 Å². The van der Waals surface area contributed by atoms with E-state index in [1.807, 2.05) is 6.07 Å². The van der Waals surface area contributed by atoms with E-state index in [9.17, 15) is 42.1 Å². The van der Waals surface area contributed by atoms with E-state index in [0.717, 1.165) is 24.3 Å². The number of halogens is 6. The van der Waals surface area contributed by atoms with Gasteiger partial charge in [0.15, 0.2) is 0 Å². The molecule has 2 aliphatic carbocycles. The Morgan fingerprint density at radius 3 is 1.42 bits per heavy atom. The second kappa shape index (κ2) is 11.9. The van der Waals surface area contributed by atoms with Crippen molar-refractivity contribution < 1.29 is 35.8 Å². The molecule has 0 amide bonds. The zero-order valence-corrected chi connectivity index (χ0v) is 23.5. The number of fused-ring (bicyclic) bond motifs is 2. The van der Waals surface area contributed by atoms with Crippen LogP contribution in [0.4, 0.5) is 26.3 Å². The van der Waals surface area contributed by atoms with Crippen LogP contribution in [0.25, 0.3) is 48.1 Å². The van der Waals surface area contributed by atoms with Crippen molar-refractivity contribution in [1.29, 1.82) is 15.8 Å². The third-order valence-corrected chi connectivity index (χ3v) is 7.09. The number of rotatable bonds is 4. The monoisotopic (exact) mass is 648 g/mol. The SMILES string of the molecule is [C-]#[N+]C1=C(c2ccc(OC(F)(F)F)cc2)/C(=C(/C#N)[N+]#[C-])c2cc3c(cc21)/C(=C(/C#N)[N+]#[C-])C(c1ccc(OC(F)(F)F)cc1)=C3C#N. The maximum atomic E-state index is 12.8. The van der Waals surface area contributed by atoms with Crippen LogP contribution in [0, 0.1) is 53.7 Å². The minimum atomic E-state index is -4.98. The van der Waals surface area contributed by atoms with Crippen molar-refractivity contribution in [3.8, 4) is 29.7 Å². The minimum absolute atomic E-state index is 0.0346. The molecule has 0 saturated carbocycles. The van der Waals surface area contributed by atoms with E-state index < -0.39 is 35.6 Å². The lowest BCUT2D eigenvalue weighted by molar-refractivity contribution is -0.275. The maximum Gasteiger partial charge on any atom is 0.573 e. The fourth-order valence-corrected chi connectivity index (χ4v) is 5.41. The summed E-state index contributed by atoms with van der Waals surface area (Å²) in [5, 5.41) is 30.1. The average Bonchev–Trinajstić information content (AvgIpc) is 3.52. The highest BCUT2D eigenvalue weighted by molar-refractivity contribution is 6.29. The van der Waals surface area contributed by atoms with E-state index in [-0.39, 0.29) is 66.9 Å². The first-order chi connectivity index (χ1) is 22.8. The summed E-state index contributed by atoms with van der Waals surface area (Å²) in [5.41, 5.74) is -0.341. The molecule has 0 fully saturated rings. The molecule has 0 bridgehead atoms. The van der Waals surface area contributed by atoms with Gasteiger partial charge in [0.2, 0.25) is 5.70 Å². The van der Waals surface area contributed by atoms with E-state index in [4.69, 9.17) is 19.7 Å². The van der Waals surface area contributed by atoms with E-state index in [2.05, 4.69) is 24.0 Å². The number of hydrogen-bond acceptors (Lipinski definition) is 5. The van der Waals surface area contributed by atoms with Gasteiger partial charge in [-0.2, -0.15) is 5.26 Å². The summed E-state index contributed by atoms with van der Waals surface area (Å²) in [4.78, 5) is 10.2. The van der Waals surface area contributed by atoms with Gasteiger partial charge < -0.3 is 9.47 Å². The van der Waals surface area contributed by atoms with Crippen molar-refractivity contribution in [2.45, 2.75) is 12.7 Å². The molecule has 0 aliphatic heterocycles. The number of nitrogens with zero attached hydrogens (tertiary/aromatic N) is 6. The smallest absolute Gasteiger partial charge is 0.406 e. The van der Waals surface area contributed by atoms with Gasteiger partial charge in [0.05, 0.1) is 37.4 Å². The molecule has 0 radical (unpaired) electrons. The summed E-state index contributed by atoms with van der Waals surface area (Å²) in [6.45, 7) is 23.3. The quantitative estimate of drug-likeness (QED) is 0.160. The van der Waals surface area contributed by atoms with Crippen LogP contribution in [0.5, 0.6) is 11.5 Å². The Hall–Kier alpha value is -7.26. The van der Waals surface area contributed by atoms with Gasteiger partial charge >= 0.3 is 12.7 Å². The Balaban J connectivity index is 1.78. The van der Waals surface area contributed by atoms with Crippen molar-refractivity contribution in [2.75, 3.05) is 0 Å². The Labute approximate surface area is 267 Å². The Kier molecular flexibility index (Phi) is 7.98. The van der Waals surface area contributed by atoms with Gasteiger partial charge in [-0.15, -0.1) is 26.3 Å². The van der Waals surface area contributed by atoms with Crippen LogP contribution < -0.4 is 9.47 Å². The summed E-state index contributed by atoms with van der Waals surface area (Å²) in [7, 11) is 0. The second-order valence-electron chi connectivity index (χ2n) is 9.68. The minimum Gasteiger partial charge on any atom is -0.406 e. The van der Waals surface area contributed by atoms with Gasteiger partial charge in [-0.25, -0.2) is 25.1 Å². The number of hydrogen-bond donors (Lipinski definition) is 0. The van der Waals surface area contributed by atoms with Crippen molar-refractivity contribution in [3.63, 3.8) is 0 Å². The summed E-state index contributed by atoms with van der Waals surface area (Å²) in [6.07, 6.45) is -9.95. The summed E-state index contributed by atoms with van der Waals surface area (Å²) in [6, 6.07) is 17.1. The fraction of sp³-hybridized carbons (Fsp3) is 0.0588. The molecule has 0 atom stereocenters. The predicted octanol–water partition coefficient (Wildman–Crippen LogP) is 9.04. The second-order valence-corrected chi connectivity index (χ2v) is 9.68. The molecule has 0 saturated heterocycles. The molecule has 8 nitrogen and oxygen atoms in total. The number of benzene rings is 3. The van der Waals surface area contributed by atoms with E-state index >= 15 is 0 Å². The molecule has 48 heavy (non-hydrogen) atoms. The molecule has 3 aromatic rings. The topological polar surface area (TPSA) is 103 Å². The van der Waals surface area contributed by atoms with Crippen molar-refractivity contribution in [3.05, 3.63) is 140 Å². The van der Waals surface area contributed by atoms with Crippen LogP contribution in [0.1, 0.15) is 33.4 Å². The Bertz CT molecular complexity index is 2110. The number of allylic oxidation sites excluding steroid dienone is 7. The van der Waals surface area contributed by atoms with Gasteiger partial charge in [0, 0.05) is 5.57 Å². The van der Waals surface area contributed by atoms with Crippen LogP contribution in [-0.2, 0) is 0 Å². The molecule has 0 unspecified atom stereocenters. The molecule has 0 heterocycles. The van der Waals surface area contributed by atoms with Crippen molar-refractivity contribution in [2.24, 2.45) is 0 Å². The highest BCUT2D eigenvalue weighted by atomic mass is 19.4. The van der Waals surface area contributed by atoms with Gasteiger partial charge in [0.25, 0.3) is 11.4 Å². The van der Waals surface area contributed by atoms with Gasteiger partial charge in [-0.1, -0.05) is 30.3 Å². The molecule has 0 N–H and O–H groups in total. The lowest BCUT2D eigenvalue weighted by Crippen LogP contribution is -2.17. The largest absolute Gasteiger partial charge is 0.573 e. The molecule has 3 aromatic carbocycles. The standard InChI is InChI=1S/C34H10F6N6O2/c1-44-26(15-42)30-22-13-24-23(12-21(22)25(14-41)28(30)17-4-8-19(9-5-17)47-33(35,36)37)31(27(16-43)45-2)29(32(24)46-3)18-6-10-20(11-7-18)48-34(38,39)40/h4-13H/b30-26+,31-27-. The Morgan fingerprint density at radius 1 is 0.604 bits per heavy atom. The molecule has 230 valence electrons. The highest BCUT2D eigenvalue weighted by Crippen LogP contribution is 2.55. The third kappa shape index (κ3) is 5.66. The summed E-state index contributed by atoms with van der Waals surface area (Å²) >= 11 is 0. The predicted molar refractivity (Wildman–Crippen MR) is 157 cm³/mol. The summed E-state index contributed by atoms with van der Waals surface area (Å²) < 4.78 is 84.4. The van der Waals surface area contributed by atoms with Crippen LogP contribution in [-0.4, -0.2) is 12.7 Å². The number of alkyl halides is 6. The van der Waals surface area contributed by atoms with Crippen LogP contribution >= 0.6 is 0 Å². The normalized spacial score (nSPS) is 15.5. The first kappa shape index (κ1) is 32.1. The first-order valence-electron chi connectivity index (χ1n) is 13.0. The molecule has 0 spiro atoms. The maximum absolute atomic E-state index is 12.8. The van der Waals surface area contributed by atoms with E-state index in [1.165, 1.54) is 36.4 Å². The van der Waals surface area contributed by atoms with Crippen molar-refractivity contribution in [1.82, 2.24) is 0 Å². The molecule has 5 rings (SSSR count). The zero-order valence-electron chi connectivity index (χ0n) is 23.5. The lowest BCUT2D eigenvalue weighted by atomic mass is 9.92. The average molecular weight is 648 g/mol. The van der Waals surface area contributed by atoms with E-state index in [0.29, 0.717) is 0 Å². The molecular weight excluding hydrogens is 638 g/mol. The molecule has 2 aliphatic rings. The highest BCUT2D eigenvalue weighted by Gasteiger charge is 2.37. The number of nitriles is 3. The zero-order chi connectivity index (χ0) is 35.0. The summed E-state index contributed by atoms with van der Waals surface area (Å²) in [5.74, 6) is -1.12. The third-order valence-electron chi connectivity index (χ3n) is 7.09. The van der Waals surface area contributed by atoms with Gasteiger partial charge in [0.1, 0.15) is 17.6 Å². The molecular formula is C34H10F6N6O2. The fourth-order valence-electron chi connectivity index (χ4n) is 5.41. The number of ether oxygens (including phenoxy) is 2. The Morgan fingerprint density at radius 2 is 1.02 bits per heavy atom. The van der Waals surface area contributed by atoms with Crippen LogP contribution in [0.2, 0.25) is 0 Å². The van der Waals surface area contributed by atoms with E-state index in [1.54, 1.807) is 12.1 Å². The van der Waals surface area contributed by atoms with Crippen LogP contribution in [0.15, 0.2) is 72.1 Å². The molecule has 0 aromatic heterocycles. The lowest BCUT2D eigenvalue weighted by Gasteiger charge is -2.13. The molecule has 14 heteroatoms. The van der Waals surface area contributed by atoms with Crippen LogP contribution in [0.3, 0.4) is 0 Å². The van der Waals surface area contributed by atoms with Gasteiger partial charge in [-0.3, -0.25) is 0 Å².